The third kappa shape index (κ3) is 3.75. The number of carbonyl (C=O) groups is 2. The van der Waals surface area contributed by atoms with Gasteiger partial charge in [-0.15, -0.1) is 0 Å². The molecule has 0 unspecified atom stereocenters. The van der Waals surface area contributed by atoms with Crippen molar-refractivity contribution in [1.82, 2.24) is 4.98 Å². The average Bonchev–Trinajstić information content (AvgIpc) is 3.22. The van der Waals surface area contributed by atoms with Gasteiger partial charge >= 0.3 is 5.97 Å². The van der Waals surface area contributed by atoms with Gasteiger partial charge in [0.2, 0.25) is 0 Å². The van der Waals surface area contributed by atoms with E-state index in [1.807, 2.05) is 54.6 Å². The van der Waals surface area contributed by atoms with Crippen LogP contribution in [0.3, 0.4) is 0 Å². The van der Waals surface area contributed by atoms with E-state index in [9.17, 15) is 9.59 Å². The zero-order valence-electron chi connectivity index (χ0n) is 15.9. The van der Waals surface area contributed by atoms with Crippen LogP contribution in [0.15, 0.2) is 85.1 Å². The van der Waals surface area contributed by atoms with E-state index in [-0.39, 0.29) is 5.78 Å². The predicted octanol–water partition coefficient (Wildman–Crippen LogP) is 4.99. The van der Waals surface area contributed by atoms with Crippen molar-refractivity contribution >= 4 is 28.3 Å². The van der Waals surface area contributed by atoms with Crippen molar-refractivity contribution in [3.63, 3.8) is 0 Å². The maximum Gasteiger partial charge on any atom is 0.337 e. The Morgan fingerprint density at radius 1 is 0.897 bits per heavy atom. The lowest BCUT2D eigenvalue weighted by molar-refractivity contribution is 0.0600. The summed E-state index contributed by atoms with van der Waals surface area (Å²) >= 11 is 0. The summed E-state index contributed by atoms with van der Waals surface area (Å²) in [5.74, 6) is -0.434. The second-order valence-corrected chi connectivity index (χ2v) is 6.67. The van der Waals surface area contributed by atoms with E-state index in [0.29, 0.717) is 11.1 Å². The summed E-state index contributed by atoms with van der Waals surface area (Å²) < 4.78 is 4.74. The zero-order valence-corrected chi connectivity index (χ0v) is 15.9. The van der Waals surface area contributed by atoms with Gasteiger partial charge in [-0.3, -0.25) is 4.79 Å². The van der Waals surface area contributed by atoms with Gasteiger partial charge in [-0.05, 0) is 35.9 Å². The molecule has 0 saturated carbocycles. The van der Waals surface area contributed by atoms with Crippen molar-refractivity contribution in [1.29, 1.82) is 0 Å². The number of carbonyl (C=O) groups excluding carboxylic acids is 2. The van der Waals surface area contributed by atoms with Gasteiger partial charge in [0.1, 0.15) is 6.04 Å². The molecule has 0 radical (unpaired) electrons. The van der Waals surface area contributed by atoms with E-state index in [0.717, 1.165) is 22.2 Å². The van der Waals surface area contributed by atoms with E-state index >= 15 is 0 Å². The molecule has 0 saturated heterocycles. The van der Waals surface area contributed by atoms with Crippen LogP contribution in [0, 0.1) is 0 Å². The van der Waals surface area contributed by atoms with Gasteiger partial charge in [-0.25, -0.2) is 4.79 Å². The van der Waals surface area contributed by atoms with E-state index in [1.165, 1.54) is 7.11 Å². The van der Waals surface area contributed by atoms with Crippen molar-refractivity contribution in [2.24, 2.45) is 0 Å². The van der Waals surface area contributed by atoms with Gasteiger partial charge in [0.05, 0.1) is 12.7 Å². The number of ketones is 1. The molecule has 5 nitrogen and oxygen atoms in total. The number of anilines is 1. The number of H-pyrrole nitrogens is 1. The third-order valence-electron chi connectivity index (χ3n) is 4.87. The molecular weight excluding hydrogens is 364 g/mol. The van der Waals surface area contributed by atoms with Crippen LogP contribution in [-0.4, -0.2) is 23.8 Å². The van der Waals surface area contributed by atoms with Crippen molar-refractivity contribution in [3.05, 3.63) is 102 Å². The Labute approximate surface area is 168 Å². The third-order valence-corrected chi connectivity index (χ3v) is 4.87. The summed E-state index contributed by atoms with van der Waals surface area (Å²) in [5, 5.41) is 4.21. The second-order valence-electron chi connectivity index (χ2n) is 6.67. The number of methoxy groups -OCH3 is 1. The molecule has 0 fully saturated rings. The van der Waals surface area contributed by atoms with Crippen LogP contribution in [-0.2, 0) is 4.74 Å². The molecular formula is C24H20N2O3. The number of para-hydroxylation sites is 1. The lowest BCUT2D eigenvalue weighted by atomic mass is 9.96. The smallest absolute Gasteiger partial charge is 0.337 e. The molecule has 4 aromatic rings. The predicted molar refractivity (Wildman–Crippen MR) is 113 cm³/mol. The van der Waals surface area contributed by atoms with Gasteiger partial charge in [-0.1, -0.05) is 48.5 Å². The number of aromatic amines is 1. The van der Waals surface area contributed by atoms with Gasteiger partial charge in [0.15, 0.2) is 5.78 Å². The Hall–Kier alpha value is -3.86. The molecule has 0 amide bonds. The first-order chi connectivity index (χ1) is 14.2. The monoisotopic (exact) mass is 384 g/mol. The molecule has 29 heavy (non-hydrogen) atoms. The number of nitrogens with one attached hydrogen (secondary N) is 2. The summed E-state index contributed by atoms with van der Waals surface area (Å²) in [6, 6.07) is 23.6. The first kappa shape index (κ1) is 18.5. The Balaban J connectivity index is 1.69. The highest BCUT2D eigenvalue weighted by atomic mass is 16.5. The Morgan fingerprint density at radius 3 is 2.31 bits per heavy atom. The van der Waals surface area contributed by atoms with Gasteiger partial charge in [-0.2, -0.15) is 0 Å². The number of ether oxygens (including phenoxy) is 1. The van der Waals surface area contributed by atoms with Gasteiger partial charge in [0.25, 0.3) is 0 Å². The maximum atomic E-state index is 13.5. The van der Waals surface area contributed by atoms with E-state index in [2.05, 4.69) is 10.3 Å². The average molecular weight is 384 g/mol. The molecule has 0 aliphatic carbocycles. The number of rotatable bonds is 6. The van der Waals surface area contributed by atoms with Crippen molar-refractivity contribution in [2.75, 3.05) is 12.4 Å². The fraction of sp³-hybridized carbons (Fsp3) is 0.0833. The largest absolute Gasteiger partial charge is 0.465 e. The summed E-state index contributed by atoms with van der Waals surface area (Å²) in [7, 11) is 1.35. The zero-order chi connectivity index (χ0) is 20.2. The minimum absolute atomic E-state index is 0.0364. The molecule has 5 heteroatoms. The van der Waals surface area contributed by atoms with E-state index < -0.39 is 12.0 Å². The molecule has 0 spiro atoms. The molecule has 144 valence electrons. The van der Waals surface area contributed by atoms with Crippen molar-refractivity contribution < 1.29 is 14.3 Å². The van der Waals surface area contributed by atoms with Crippen LogP contribution in [0.2, 0.25) is 0 Å². The van der Waals surface area contributed by atoms with Crippen LogP contribution in [0.5, 0.6) is 0 Å². The molecule has 1 atom stereocenters. The molecule has 4 rings (SSSR count). The fourth-order valence-corrected chi connectivity index (χ4v) is 3.36. The fourth-order valence-electron chi connectivity index (χ4n) is 3.36. The minimum Gasteiger partial charge on any atom is -0.465 e. The quantitative estimate of drug-likeness (QED) is 0.363. The second kappa shape index (κ2) is 8.02. The number of hydrogen-bond donors (Lipinski definition) is 2. The van der Waals surface area contributed by atoms with Crippen LogP contribution in [0.1, 0.15) is 32.3 Å². The van der Waals surface area contributed by atoms with E-state index in [1.54, 1.807) is 30.5 Å². The number of Topliss-reactive ketones (excluding diaryl/α,β-unsaturated/α-hetero) is 1. The van der Waals surface area contributed by atoms with Gasteiger partial charge in [0, 0.05) is 28.4 Å². The SMILES string of the molecule is COC(=O)c1ccc(N[C@@H](C(=O)c2c[nH]c3ccccc23)c2ccccc2)cc1. The normalized spacial score (nSPS) is 11.8. The van der Waals surface area contributed by atoms with Crippen LogP contribution < -0.4 is 5.32 Å². The number of benzene rings is 3. The lowest BCUT2D eigenvalue weighted by Gasteiger charge is -2.19. The Kier molecular flexibility index (Phi) is 5.12. The standard InChI is InChI=1S/C24H20N2O3/c1-29-24(28)17-11-13-18(14-12-17)26-22(16-7-3-2-4-8-16)23(27)20-15-25-21-10-6-5-9-19(20)21/h2-15,22,25-26H,1H3/t22-/m1/s1. The molecule has 0 bridgehead atoms. The number of esters is 1. The molecule has 0 aliphatic rings. The molecule has 0 aliphatic heterocycles. The molecule has 1 aromatic heterocycles. The first-order valence-corrected chi connectivity index (χ1v) is 9.27. The first-order valence-electron chi connectivity index (χ1n) is 9.27. The summed E-state index contributed by atoms with van der Waals surface area (Å²) in [4.78, 5) is 28.3. The topological polar surface area (TPSA) is 71.2 Å². The van der Waals surface area contributed by atoms with E-state index in [4.69, 9.17) is 4.74 Å². The van der Waals surface area contributed by atoms with Crippen LogP contribution in [0.25, 0.3) is 10.9 Å². The number of hydrogen-bond acceptors (Lipinski definition) is 4. The molecule has 2 N–H and O–H groups in total. The highest BCUT2D eigenvalue weighted by molar-refractivity contribution is 6.11. The number of aromatic nitrogens is 1. The van der Waals surface area contributed by atoms with Crippen LogP contribution in [0.4, 0.5) is 5.69 Å². The Morgan fingerprint density at radius 2 is 1.59 bits per heavy atom. The lowest BCUT2D eigenvalue weighted by Crippen LogP contribution is -2.21. The highest BCUT2D eigenvalue weighted by Crippen LogP contribution is 2.27. The number of fused-ring (bicyclic) bond motifs is 1. The summed E-state index contributed by atoms with van der Waals surface area (Å²) in [5.41, 5.74) is 3.61. The molecule has 3 aromatic carbocycles. The maximum absolute atomic E-state index is 13.5. The van der Waals surface area contributed by atoms with Crippen LogP contribution >= 0.6 is 0 Å². The minimum atomic E-state index is -0.570. The summed E-state index contributed by atoms with van der Waals surface area (Å²) in [6.45, 7) is 0. The highest BCUT2D eigenvalue weighted by Gasteiger charge is 2.24. The molecule has 1 heterocycles. The van der Waals surface area contributed by atoms with Crippen molar-refractivity contribution in [2.45, 2.75) is 6.04 Å². The Bertz CT molecular complexity index is 1150. The van der Waals surface area contributed by atoms with Crippen molar-refractivity contribution in [3.8, 4) is 0 Å². The summed E-state index contributed by atoms with van der Waals surface area (Å²) in [6.07, 6.45) is 1.75. The van der Waals surface area contributed by atoms with Gasteiger partial charge < -0.3 is 15.0 Å².